The summed E-state index contributed by atoms with van der Waals surface area (Å²) in [7, 11) is 0. The zero-order chi connectivity index (χ0) is 49.3. The van der Waals surface area contributed by atoms with Crippen LogP contribution in [0.5, 0.6) is 0 Å². The van der Waals surface area contributed by atoms with Gasteiger partial charge in [0.2, 0.25) is 0 Å². The molecule has 396 valence electrons. The molecule has 0 N–H and O–H groups in total. The van der Waals surface area contributed by atoms with Gasteiger partial charge in [0.05, 0.1) is 0 Å². The summed E-state index contributed by atoms with van der Waals surface area (Å²) >= 11 is 0. The minimum atomic E-state index is -0.765. The van der Waals surface area contributed by atoms with Crippen LogP contribution in [0.3, 0.4) is 0 Å². The van der Waals surface area contributed by atoms with Crippen molar-refractivity contribution in [3.63, 3.8) is 0 Å². The van der Waals surface area contributed by atoms with Gasteiger partial charge in [0.15, 0.2) is 6.10 Å². The minimum absolute atomic E-state index is 0.0677. The molecule has 0 aromatic heterocycles. The van der Waals surface area contributed by atoms with Crippen molar-refractivity contribution in [1.82, 2.24) is 0 Å². The van der Waals surface area contributed by atoms with Crippen molar-refractivity contribution in [2.24, 2.45) is 0 Å². The summed E-state index contributed by atoms with van der Waals surface area (Å²) < 4.78 is 16.8. The summed E-state index contributed by atoms with van der Waals surface area (Å²) in [5.41, 5.74) is 0. The molecule has 0 bridgehead atoms. The summed E-state index contributed by atoms with van der Waals surface area (Å²) in [4.78, 5) is 37.9. The topological polar surface area (TPSA) is 78.9 Å². The molecule has 0 radical (unpaired) electrons. The predicted octanol–water partition coefficient (Wildman–Crippen LogP) is 19.8. The SMILES string of the molecule is CC/C=C\C/C=C\C/C=C\C/C=C\CCCCCCCCCCCCCCCCCCC(=O)OCC(COC(=O)CCCCCCCCC)OC(=O)CCCCCCCCCCCCCCCC. The molecule has 0 aliphatic carbocycles. The van der Waals surface area contributed by atoms with Crippen molar-refractivity contribution in [2.75, 3.05) is 13.2 Å². The van der Waals surface area contributed by atoms with E-state index in [-0.39, 0.29) is 31.1 Å². The van der Waals surface area contributed by atoms with Gasteiger partial charge in [0, 0.05) is 19.3 Å². The second-order valence-corrected chi connectivity index (χ2v) is 19.9. The van der Waals surface area contributed by atoms with E-state index in [0.29, 0.717) is 19.3 Å². The highest BCUT2D eigenvalue weighted by atomic mass is 16.6. The van der Waals surface area contributed by atoms with Gasteiger partial charge in [-0.25, -0.2) is 0 Å². The van der Waals surface area contributed by atoms with E-state index in [1.165, 1.54) is 186 Å². The van der Waals surface area contributed by atoms with Crippen LogP contribution in [-0.2, 0) is 28.6 Å². The van der Waals surface area contributed by atoms with Gasteiger partial charge in [-0.1, -0.05) is 281 Å². The Morgan fingerprint density at radius 3 is 0.897 bits per heavy atom. The molecule has 6 heteroatoms. The lowest BCUT2D eigenvalue weighted by atomic mass is 10.0. The average Bonchev–Trinajstić information content (AvgIpc) is 3.34. The first-order valence-corrected chi connectivity index (χ1v) is 29.6. The lowest BCUT2D eigenvalue weighted by Crippen LogP contribution is -2.30. The van der Waals surface area contributed by atoms with E-state index >= 15 is 0 Å². The van der Waals surface area contributed by atoms with Crippen LogP contribution in [0.25, 0.3) is 0 Å². The Morgan fingerprint density at radius 2 is 0.574 bits per heavy atom. The standard InChI is InChI=1S/C62H112O6/c1-4-7-10-13-16-18-20-22-24-25-26-27-28-29-30-31-32-33-34-35-36-37-38-40-41-43-46-49-52-55-61(64)67-58-59(57-66-60(63)54-51-48-45-15-12-9-6-3)68-62(65)56-53-50-47-44-42-39-23-21-19-17-14-11-8-5-2/h7,10,16,18,22,24,26-27,59H,4-6,8-9,11-15,17,19-21,23,25,28-58H2,1-3H3/b10-7-,18-16-,24-22-,27-26-. The first-order valence-electron chi connectivity index (χ1n) is 29.6. The van der Waals surface area contributed by atoms with Gasteiger partial charge in [-0.05, 0) is 57.8 Å². The number of allylic oxidation sites excluding steroid dienone is 8. The fraction of sp³-hybridized carbons (Fsp3) is 0.823. The van der Waals surface area contributed by atoms with E-state index in [0.717, 1.165) is 83.5 Å². The van der Waals surface area contributed by atoms with Crippen LogP contribution in [0.1, 0.15) is 310 Å². The Bertz CT molecular complexity index is 1190. The van der Waals surface area contributed by atoms with Crippen molar-refractivity contribution in [3.8, 4) is 0 Å². The van der Waals surface area contributed by atoms with Crippen LogP contribution >= 0.6 is 0 Å². The summed E-state index contributed by atoms with van der Waals surface area (Å²) in [5, 5.41) is 0. The number of hydrogen-bond acceptors (Lipinski definition) is 6. The number of hydrogen-bond donors (Lipinski definition) is 0. The molecule has 1 atom stereocenters. The Hall–Kier alpha value is -2.63. The van der Waals surface area contributed by atoms with E-state index in [1.54, 1.807) is 0 Å². The molecule has 0 aromatic rings. The zero-order valence-corrected chi connectivity index (χ0v) is 45.4. The maximum atomic E-state index is 12.8. The van der Waals surface area contributed by atoms with Crippen LogP contribution in [0, 0.1) is 0 Å². The Labute approximate surface area is 422 Å². The Morgan fingerprint density at radius 1 is 0.309 bits per heavy atom. The smallest absolute Gasteiger partial charge is 0.306 e. The molecule has 0 amide bonds. The third-order valence-corrected chi connectivity index (χ3v) is 13.1. The second-order valence-electron chi connectivity index (χ2n) is 19.9. The van der Waals surface area contributed by atoms with E-state index < -0.39 is 6.10 Å². The largest absolute Gasteiger partial charge is 0.462 e. The molecule has 0 aliphatic rings. The minimum Gasteiger partial charge on any atom is -0.462 e. The molecular weight excluding hydrogens is 841 g/mol. The predicted molar refractivity (Wildman–Crippen MR) is 293 cm³/mol. The van der Waals surface area contributed by atoms with Gasteiger partial charge in [-0.3, -0.25) is 14.4 Å². The Kier molecular flexibility index (Phi) is 54.8. The molecule has 0 heterocycles. The number of carbonyl (C=O) groups is 3. The number of ether oxygens (including phenoxy) is 3. The summed E-state index contributed by atoms with van der Waals surface area (Å²) in [6.45, 7) is 6.52. The highest BCUT2D eigenvalue weighted by Crippen LogP contribution is 2.17. The molecule has 0 saturated carbocycles. The van der Waals surface area contributed by atoms with Crippen molar-refractivity contribution in [1.29, 1.82) is 0 Å². The molecule has 0 aromatic carbocycles. The molecule has 0 spiro atoms. The maximum absolute atomic E-state index is 12.8. The van der Waals surface area contributed by atoms with Gasteiger partial charge >= 0.3 is 17.9 Å². The molecule has 68 heavy (non-hydrogen) atoms. The van der Waals surface area contributed by atoms with Gasteiger partial charge in [0.1, 0.15) is 13.2 Å². The van der Waals surface area contributed by atoms with Crippen molar-refractivity contribution in [2.45, 2.75) is 316 Å². The normalized spacial score (nSPS) is 12.3. The van der Waals surface area contributed by atoms with Crippen molar-refractivity contribution < 1.29 is 28.6 Å². The molecule has 0 fully saturated rings. The zero-order valence-electron chi connectivity index (χ0n) is 45.4. The van der Waals surface area contributed by atoms with Gasteiger partial charge in [-0.2, -0.15) is 0 Å². The first-order chi connectivity index (χ1) is 33.5. The van der Waals surface area contributed by atoms with E-state index in [9.17, 15) is 14.4 Å². The molecule has 0 aliphatic heterocycles. The number of esters is 3. The third kappa shape index (κ3) is 54.3. The number of carbonyl (C=O) groups excluding carboxylic acids is 3. The van der Waals surface area contributed by atoms with Crippen LogP contribution in [0.4, 0.5) is 0 Å². The fourth-order valence-corrected chi connectivity index (χ4v) is 8.67. The highest BCUT2D eigenvalue weighted by Gasteiger charge is 2.19. The lowest BCUT2D eigenvalue weighted by Gasteiger charge is -2.18. The van der Waals surface area contributed by atoms with Gasteiger partial charge in [0.25, 0.3) is 0 Å². The average molecular weight is 954 g/mol. The first kappa shape index (κ1) is 65.4. The van der Waals surface area contributed by atoms with Crippen molar-refractivity contribution >= 4 is 17.9 Å². The van der Waals surface area contributed by atoms with Gasteiger partial charge in [-0.15, -0.1) is 0 Å². The molecule has 0 saturated heterocycles. The summed E-state index contributed by atoms with van der Waals surface area (Å²) in [6, 6.07) is 0. The van der Waals surface area contributed by atoms with E-state index in [1.807, 2.05) is 0 Å². The molecular formula is C62H112O6. The van der Waals surface area contributed by atoms with E-state index in [2.05, 4.69) is 69.4 Å². The summed E-state index contributed by atoms with van der Waals surface area (Å²) in [5.74, 6) is -0.858. The Balaban J connectivity index is 4.03. The van der Waals surface area contributed by atoms with Crippen LogP contribution < -0.4 is 0 Å². The fourth-order valence-electron chi connectivity index (χ4n) is 8.67. The molecule has 6 nitrogen and oxygen atoms in total. The van der Waals surface area contributed by atoms with Crippen LogP contribution in [0.15, 0.2) is 48.6 Å². The van der Waals surface area contributed by atoms with Crippen LogP contribution in [-0.4, -0.2) is 37.2 Å². The monoisotopic (exact) mass is 953 g/mol. The van der Waals surface area contributed by atoms with Crippen molar-refractivity contribution in [3.05, 3.63) is 48.6 Å². The van der Waals surface area contributed by atoms with Gasteiger partial charge < -0.3 is 14.2 Å². The van der Waals surface area contributed by atoms with E-state index in [4.69, 9.17) is 14.2 Å². The lowest BCUT2D eigenvalue weighted by molar-refractivity contribution is -0.167. The molecule has 0 rings (SSSR count). The maximum Gasteiger partial charge on any atom is 0.306 e. The highest BCUT2D eigenvalue weighted by molar-refractivity contribution is 5.71. The summed E-state index contributed by atoms with van der Waals surface area (Å²) in [6.07, 6.45) is 70.0. The second kappa shape index (κ2) is 57.0. The third-order valence-electron chi connectivity index (χ3n) is 13.1. The number of rotatable bonds is 54. The molecule has 1 unspecified atom stereocenters. The van der Waals surface area contributed by atoms with Crippen LogP contribution in [0.2, 0.25) is 0 Å². The quantitative estimate of drug-likeness (QED) is 0.0262. The number of unbranched alkanes of at least 4 members (excludes halogenated alkanes) is 35.